The van der Waals surface area contributed by atoms with Crippen LogP contribution in [0.4, 0.5) is 5.69 Å². The average Bonchev–Trinajstić information content (AvgIpc) is 2.95. The molecular formula is C17H18N2O2. The number of nitrogens with zero attached hydrogens (tertiary/aromatic N) is 2. The molecule has 0 radical (unpaired) electrons. The van der Waals surface area contributed by atoms with E-state index in [-0.39, 0.29) is 5.41 Å². The Kier molecular flexibility index (Phi) is 3.60. The molecule has 1 heterocycles. The van der Waals surface area contributed by atoms with Gasteiger partial charge < -0.3 is 9.47 Å². The predicted octanol–water partition coefficient (Wildman–Crippen LogP) is 4.48. The third kappa shape index (κ3) is 3.05. The Morgan fingerprint density at radius 1 is 1.00 bits per heavy atom. The Balaban J connectivity index is 1.73. The minimum absolute atomic E-state index is 0.112. The van der Waals surface area contributed by atoms with Gasteiger partial charge in [-0.25, -0.2) is 0 Å². The molecule has 2 aromatic rings. The lowest BCUT2D eigenvalue weighted by Gasteiger charge is -2.22. The second kappa shape index (κ2) is 5.56. The van der Waals surface area contributed by atoms with Crippen LogP contribution in [0.25, 0.3) is 0 Å². The summed E-state index contributed by atoms with van der Waals surface area (Å²) >= 11 is 0. The van der Waals surface area contributed by atoms with Gasteiger partial charge in [-0.2, -0.15) is 10.2 Å². The molecule has 0 saturated carbocycles. The summed E-state index contributed by atoms with van der Waals surface area (Å²) in [5, 5.41) is 8.59. The minimum Gasteiger partial charge on any atom is -0.454 e. The molecule has 0 amide bonds. The maximum absolute atomic E-state index is 5.43. The summed E-state index contributed by atoms with van der Waals surface area (Å²) in [5.41, 5.74) is 1.93. The summed E-state index contributed by atoms with van der Waals surface area (Å²) in [4.78, 5) is 0. The van der Waals surface area contributed by atoms with Crippen molar-refractivity contribution in [1.29, 1.82) is 0 Å². The van der Waals surface area contributed by atoms with Gasteiger partial charge in [-0.15, -0.1) is 0 Å². The molecule has 1 aliphatic rings. The van der Waals surface area contributed by atoms with Crippen molar-refractivity contribution in [1.82, 2.24) is 0 Å². The van der Waals surface area contributed by atoms with Gasteiger partial charge in [0.1, 0.15) is 0 Å². The van der Waals surface area contributed by atoms with Gasteiger partial charge in [-0.3, -0.25) is 0 Å². The van der Waals surface area contributed by atoms with Crippen LogP contribution in [0.15, 0.2) is 58.8 Å². The van der Waals surface area contributed by atoms with Gasteiger partial charge in [-0.05, 0) is 29.8 Å². The van der Waals surface area contributed by atoms with Crippen LogP contribution in [0.3, 0.4) is 0 Å². The Labute approximate surface area is 124 Å². The van der Waals surface area contributed by atoms with E-state index in [0.29, 0.717) is 13.3 Å². The molecule has 0 atom stereocenters. The van der Waals surface area contributed by atoms with Crippen molar-refractivity contribution in [3.63, 3.8) is 0 Å². The van der Waals surface area contributed by atoms with Crippen LogP contribution in [0.5, 0.6) is 11.5 Å². The lowest BCUT2D eigenvalue weighted by atomic mass is 9.84. The van der Waals surface area contributed by atoms with Crippen molar-refractivity contribution in [3.8, 4) is 11.5 Å². The molecule has 0 spiro atoms. The van der Waals surface area contributed by atoms with Gasteiger partial charge in [0, 0.05) is 5.41 Å². The highest BCUT2D eigenvalue weighted by molar-refractivity contribution is 5.46. The Morgan fingerprint density at radius 3 is 2.57 bits per heavy atom. The van der Waals surface area contributed by atoms with Crippen LogP contribution >= 0.6 is 0 Å². The van der Waals surface area contributed by atoms with Crippen LogP contribution in [0.1, 0.15) is 19.4 Å². The SMILES string of the molecule is CC(C)(CN=Nc1ccccc1)c1ccc2c(c1)OCO2. The highest BCUT2D eigenvalue weighted by Gasteiger charge is 2.23. The fourth-order valence-electron chi connectivity index (χ4n) is 2.20. The Morgan fingerprint density at radius 2 is 1.76 bits per heavy atom. The molecule has 1 aliphatic heterocycles. The lowest BCUT2D eigenvalue weighted by molar-refractivity contribution is 0.174. The first-order chi connectivity index (χ1) is 10.1. The summed E-state index contributed by atoms with van der Waals surface area (Å²) in [6, 6.07) is 15.8. The summed E-state index contributed by atoms with van der Waals surface area (Å²) < 4.78 is 10.8. The van der Waals surface area contributed by atoms with Crippen LogP contribution < -0.4 is 9.47 Å². The zero-order valence-electron chi connectivity index (χ0n) is 12.2. The van der Waals surface area contributed by atoms with Gasteiger partial charge in [0.25, 0.3) is 0 Å². The smallest absolute Gasteiger partial charge is 0.231 e. The monoisotopic (exact) mass is 282 g/mol. The standard InChI is InChI=1S/C17H18N2O2/c1-17(2,11-18-19-14-6-4-3-5-7-14)13-8-9-15-16(10-13)21-12-20-15/h3-10H,11-12H2,1-2H3. The number of fused-ring (bicyclic) bond motifs is 1. The first-order valence-electron chi connectivity index (χ1n) is 6.98. The normalized spacial score (nSPS) is 13.8. The fraction of sp³-hybridized carbons (Fsp3) is 0.294. The number of azo groups is 1. The molecule has 108 valence electrons. The predicted molar refractivity (Wildman–Crippen MR) is 81.4 cm³/mol. The van der Waals surface area contributed by atoms with Gasteiger partial charge in [0.15, 0.2) is 11.5 Å². The molecule has 0 saturated heterocycles. The van der Waals surface area contributed by atoms with Gasteiger partial charge in [0.05, 0.1) is 12.2 Å². The first-order valence-corrected chi connectivity index (χ1v) is 6.98. The van der Waals surface area contributed by atoms with Crippen LogP contribution in [0.2, 0.25) is 0 Å². The zero-order valence-corrected chi connectivity index (χ0v) is 12.2. The number of hydrogen-bond acceptors (Lipinski definition) is 4. The average molecular weight is 282 g/mol. The van der Waals surface area contributed by atoms with E-state index in [1.165, 1.54) is 5.56 Å². The zero-order chi connectivity index (χ0) is 14.7. The first kappa shape index (κ1) is 13.6. The van der Waals surface area contributed by atoms with Crippen molar-refractivity contribution in [2.45, 2.75) is 19.3 Å². The molecule has 4 nitrogen and oxygen atoms in total. The van der Waals surface area contributed by atoms with Crippen molar-refractivity contribution < 1.29 is 9.47 Å². The van der Waals surface area contributed by atoms with E-state index in [0.717, 1.165) is 17.2 Å². The van der Waals surface area contributed by atoms with Crippen molar-refractivity contribution in [2.75, 3.05) is 13.3 Å². The Hall–Kier alpha value is -2.36. The van der Waals surface area contributed by atoms with Crippen molar-refractivity contribution >= 4 is 5.69 Å². The van der Waals surface area contributed by atoms with E-state index in [1.54, 1.807) is 0 Å². The summed E-state index contributed by atoms with van der Waals surface area (Å²) in [7, 11) is 0. The quantitative estimate of drug-likeness (QED) is 0.776. The van der Waals surface area contributed by atoms with E-state index in [2.05, 4.69) is 30.1 Å². The minimum atomic E-state index is -0.112. The highest BCUT2D eigenvalue weighted by atomic mass is 16.7. The number of hydrogen-bond donors (Lipinski definition) is 0. The van der Waals surface area contributed by atoms with Gasteiger partial charge >= 0.3 is 0 Å². The lowest BCUT2D eigenvalue weighted by Crippen LogP contribution is -2.20. The summed E-state index contributed by atoms with van der Waals surface area (Å²) in [6.45, 7) is 5.21. The van der Waals surface area contributed by atoms with E-state index >= 15 is 0 Å². The van der Waals surface area contributed by atoms with E-state index in [9.17, 15) is 0 Å². The topological polar surface area (TPSA) is 43.2 Å². The molecule has 21 heavy (non-hydrogen) atoms. The van der Waals surface area contributed by atoms with E-state index < -0.39 is 0 Å². The maximum atomic E-state index is 5.43. The number of benzene rings is 2. The third-order valence-corrected chi connectivity index (χ3v) is 3.56. The van der Waals surface area contributed by atoms with Gasteiger partial charge in [-0.1, -0.05) is 38.1 Å². The molecular weight excluding hydrogens is 264 g/mol. The second-order valence-corrected chi connectivity index (χ2v) is 5.69. The molecule has 0 bridgehead atoms. The number of rotatable bonds is 4. The Bertz CT molecular complexity index is 651. The second-order valence-electron chi connectivity index (χ2n) is 5.69. The summed E-state index contributed by atoms with van der Waals surface area (Å²) in [6.07, 6.45) is 0. The van der Waals surface area contributed by atoms with Crippen molar-refractivity contribution in [2.24, 2.45) is 10.2 Å². The molecule has 0 aromatic heterocycles. The summed E-state index contributed by atoms with van der Waals surface area (Å²) in [5.74, 6) is 1.61. The molecule has 0 aliphatic carbocycles. The van der Waals surface area contributed by atoms with Crippen molar-refractivity contribution in [3.05, 3.63) is 54.1 Å². The fourth-order valence-corrected chi connectivity index (χ4v) is 2.20. The molecule has 0 unspecified atom stereocenters. The molecule has 0 fully saturated rings. The largest absolute Gasteiger partial charge is 0.454 e. The molecule has 2 aromatic carbocycles. The van der Waals surface area contributed by atoms with Crippen LogP contribution in [0, 0.1) is 0 Å². The van der Waals surface area contributed by atoms with E-state index in [1.807, 2.05) is 42.5 Å². The van der Waals surface area contributed by atoms with Crippen LogP contribution in [-0.4, -0.2) is 13.3 Å². The maximum Gasteiger partial charge on any atom is 0.231 e. The van der Waals surface area contributed by atoms with E-state index in [4.69, 9.17) is 9.47 Å². The van der Waals surface area contributed by atoms with Gasteiger partial charge in [0.2, 0.25) is 6.79 Å². The third-order valence-electron chi connectivity index (χ3n) is 3.56. The highest BCUT2D eigenvalue weighted by Crippen LogP contribution is 2.36. The molecule has 0 N–H and O–H groups in total. The van der Waals surface area contributed by atoms with Crippen LogP contribution in [-0.2, 0) is 5.41 Å². The molecule has 4 heteroatoms. The number of ether oxygens (including phenoxy) is 2. The molecule has 3 rings (SSSR count).